The predicted octanol–water partition coefficient (Wildman–Crippen LogP) is 3.37. The van der Waals surface area contributed by atoms with Crippen LogP contribution < -0.4 is 5.32 Å². The van der Waals surface area contributed by atoms with E-state index in [0.29, 0.717) is 22.8 Å². The van der Waals surface area contributed by atoms with Crippen LogP contribution >= 0.6 is 11.6 Å². The Labute approximate surface area is 194 Å². The fraction of sp³-hybridized carbons (Fsp3) is 0.458. The molecule has 2 aromatic heterocycles. The Morgan fingerprint density at radius 2 is 1.91 bits per heavy atom. The highest BCUT2D eigenvalue weighted by atomic mass is 35.5. The molecule has 3 aromatic rings. The van der Waals surface area contributed by atoms with Crippen molar-refractivity contribution in [3.63, 3.8) is 0 Å². The zero-order valence-corrected chi connectivity index (χ0v) is 20.0. The topological polar surface area (TPSA) is 66.3 Å². The number of aromatic nitrogens is 3. The van der Waals surface area contributed by atoms with Crippen molar-refractivity contribution in [1.29, 1.82) is 0 Å². The second kappa shape index (κ2) is 9.57. The van der Waals surface area contributed by atoms with Gasteiger partial charge in [-0.3, -0.25) is 4.79 Å². The number of halogens is 1. The van der Waals surface area contributed by atoms with E-state index in [1.54, 1.807) is 4.68 Å². The highest BCUT2D eigenvalue weighted by molar-refractivity contribution is 6.31. The van der Waals surface area contributed by atoms with Crippen LogP contribution in [0.5, 0.6) is 0 Å². The molecule has 3 heterocycles. The number of rotatable bonds is 6. The van der Waals surface area contributed by atoms with Gasteiger partial charge in [-0.2, -0.15) is 5.10 Å². The van der Waals surface area contributed by atoms with Crippen molar-refractivity contribution in [3.05, 3.63) is 51.8 Å². The van der Waals surface area contributed by atoms with Crippen molar-refractivity contribution in [3.8, 4) is 5.69 Å². The van der Waals surface area contributed by atoms with Gasteiger partial charge in [0, 0.05) is 43.4 Å². The molecule has 32 heavy (non-hydrogen) atoms. The van der Waals surface area contributed by atoms with Crippen molar-refractivity contribution in [2.75, 3.05) is 46.3 Å². The number of piperazine rings is 1. The fourth-order valence-electron chi connectivity index (χ4n) is 4.26. The van der Waals surface area contributed by atoms with E-state index in [1.165, 1.54) is 0 Å². The molecule has 0 atom stereocenters. The van der Waals surface area contributed by atoms with Gasteiger partial charge in [0.1, 0.15) is 0 Å². The number of amides is 1. The fourth-order valence-corrected chi connectivity index (χ4v) is 4.43. The molecule has 1 amide bonds. The Balaban J connectivity index is 1.53. The monoisotopic (exact) mass is 454 g/mol. The van der Waals surface area contributed by atoms with Gasteiger partial charge < -0.3 is 15.1 Å². The van der Waals surface area contributed by atoms with Crippen LogP contribution in [0, 0.1) is 20.8 Å². The maximum atomic E-state index is 13.1. The Hall–Kier alpha value is -2.48. The minimum atomic E-state index is -0.0793. The van der Waals surface area contributed by atoms with Crippen LogP contribution in [-0.2, 0) is 0 Å². The molecule has 0 spiro atoms. The second-order valence-corrected chi connectivity index (χ2v) is 9.05. The smallest absolute Gasteiger partial charge is 0.252 e. The number of carbonyl (C=O) groups is 1. The molecule has 0 bridgehead atoms. The Kier molecular flexibility index (Phi) is 6.79. The molecule has 1 saturated heterocycles. The second-order valence-electron chi connectivity index (χ2n) is 8.65. The average molecular weight is 455 g/mol. The van der Waals surface area contributed by atoms with E-state index in [1.807, 2.05) is 45.0 Å². The first-order valence-electron chi connectivity index (χ1n) is 11.2. The molecule has 1 aliphatic rings. The molecule has 4 rings (SSSR count). The van der Waals surface area contributed by atoms with Gasteiger partial charge in [-0.05, 0) is 64.5 Å². The maximum absolute atomic E-state index is 13.1. The zero-order valence-electron chi connectivity index (χ0n) is 19.3. The number of nitrogens with zero attached hydrogens (tertiary/aromatic N) is 5. The SMILES string of the molecule is Cc1cc(C(=O)NCCCN2CCN(C)CC2)c2c(C)nn(-c3cccc(Cl)c3C)c2n1. The van der Waals surface area contributed by atoms with Crippen molar-refractivity contribution in [2.45, 2.75) is 27.2 Å². The third-order valence-electron chi connectivity index (χ3n) is 6.19. The number of nitrogens with one attached hydrogen (secondary N) is 1. The Bertz CT molecular complexity index is 1130. The van der Waals surface area contributed by atoms with E-state index >= 15 is 0 Å². The van der Waals surface area contributed by atoms with Gasteiger partial charge in [0.25, 0.3) is 5.91 Å². The van der Waals surface area contributed by atoms with Crippen LogP contribution in [0.2, 0.25) is 5.02 Å². The molecule has 0 radical (unpaired) electrons. The minimum absolute atomic E-state index is 0.0793. The molecule has 8 heteroatoms. The largest absolute Gasteiger partial charge is 0.352 e. The molecule has 1 N–H and O–H groups in total. The standard InChI is InChI=1S/C24H31ClN6O/c1-16-15-19(24(32)26-9-6-10-30-13-11-29(4)12-14-30)22-18(3)28-31(23(22)27-16)21-8-5-7-20(25)17(21)2/h5,7-8,15H,6,9-14H2,1-4H3,(H,26,32). The molecule has 0 saturated carbocycles. The average Bonchev–Trinajstić information content (AvgIpc) is 3.09. The predicted molar refractivity (Wildman–Crippen MR) is 129 cm³/mol. The minimum Gasteiger partial charge on any atom is -0.352 e. The molecule has 0 aliphatic carbocycles. The number of benzene rings is 1. The van der Waals surface area contributed by atoms with Gasteiger partial charge in [0.15, 0.2) is 5.65 Å². The molecule has 1 aromatic carbocycles. The summed E-state index contributed by atoms with van der Waals surface area (Å²) in [6, 6.07) is 7.58. The molecular weight excluding hydrogens is 424 g/mol. The van der Waals surface area contributed by atoms with E-state index in [9.17, 15) is 4.79 Å². The summed E-state index contributed by atoms with van der Waals surface area (Å²) in [7, 11) is 2.16. The van der Waals surface area contributed by atoms with Gasteiger partial charge >= 0.3 is 0 Å². The number of hydrogen-bond donors (Lipinski definition) is 1. The number of hydrogen-bond acceptors (Lipinski definition) is 5. The number of fused-ring (bicyclic) bond motifs is 1. The number of aryl methyl sites for hydroxylation is 2. The molecule has 1 aliphatic heterocycles. The van der Waals surface area contributed by atoms with E-state index in [4.69, 9.17) is 21.7 Å². The number of pyridine rings is 1. The maximum Gasteiger partial charge on any atom is 0.252 e. The lowest BCUT2D eigenvalue weighted by molar-refractivity contribution is 0.0951. The van der Waals surface area contributed by atoms with Crippen molar-refractivity contribution < 1.29 is 4.79 Å². The van der Waals surface area contributed by atoms with Gasteiger partial charge in [-0.15, -0.1) is 0 Å². The van der Waals surface area contributed by atoms with Gasteiger partial charge in [0.05, 0.1) is 22.3 Å². The lowest BCUT2D eigenvalue weighted by Crippen LogP contribution is -2.45. The molecule has 1 fully saturated rings. The van der Waals surface area contributed by atoms with Crippen LogP contribution in [0.4, 0.5) is 0 Å². The molecular formula is C24H31ClN6O. The zero-order chi connectivity index (χ0) is 22.8. The summed E-state index contributed by atoms with van der Waals surface area (Å²) in [5.41, 5.74) is 4.64. The van der Waals surface area contributed by atoms with E-state index < -0.39 is 0 Å². The van der Waals surface area contributed by atoms with Crippen LogP contribution in [0.3, 0.4) is 0 Å². The first-order valence-corrected chi connectivity index (χ1v) is 11.5. The molecule has 0 unspecified atom stereocenters. The summed E-state index contributed by atoms with van der Waals surface area (Å²) in [5.74, 6) is -0.0793. The van der Waals surface area contributed by atoms with E-state index in [-0.39, 0.29) is 5.91 Å². The van der Waals surface area contributed by atoms with Crippen molar-refractivity contribution >= 4 is 28.5 Å². The normalized spacial score (nSPS) is 15.4. The summed E-state index contributed by atoms with van der Waals surface area (Å²) >= 11 is 6.34. The van der Waals surface area contributed by atoms with Gasteiger partial charge in [0.2, 0.25) is 0 Å². The highest BCUT2D eigenvalue weighted by Crippen LogP contribution is 2.28. The highest BCUT2D eigenvalue weighted by Gasteiger charge is 2.20. The summed E-state index contributed by atoms with van der Waals surface area (Å²) < 4.78 is 1.79. The van der Waals surface area contributed by atoms with Crippen LogP contribution in [-0.4, -0.2) is 76.8 Å². The van der Waals surface area contributed by atoms with Gasteiger partial charge in [-0.25, -0.2) is 9.67 Å². The van der Waals surface area contributed by atoms with E-state index in [0.717, 1.165) is 67.2 Å². The third-order valence-corrected chi connectivity index (χ3v) is 6.59. The van der Waals surface area contributed by atoms with Gasteiger partial charge in [-0.1, -0.05) is 17.7 Å². The van der Waals surface area contributed by atoms with Crippen molar-refractivity contribution in [1.82, 2.24) is 29.9 Å². The summed E-state index contributed by atoms with van der Waals surface area (Å²) in [4.78, 5) is 22.6. The summed E-state index contributed by atoms with van der Waals surface area (Å²) in [6.07, 6.45) is 0.933. The Morgan fingerprint density at radius 1 is 1.16 bits per heavy atom. The molecule has 7 nitrogen and oxygen atoms in total. The van der Waals surface area contributed by atoms with Crippen molar-refractivity contribution in [2.24, 2.45) is 0 Å². The summed E-state index contributed by atoms with van der Waals surface area (Å²) in [5, 5.41) is 9.28. The Morgan fingerprint density at radius 3 is 2.66 bits per heavy atom. The third kappa shape index (κ3) is 4.65. The first kappa shape index (κ1) is 22.7. The number of likely N-dealkylation sites (N-methyl/N-ethyl adjacent to an activating group) is 1. The lowest BCUT2D eigenvalue weighted by atomic mass is 10.1. The number of carbonyl (C=O) groups excluding carboxylic acids is 1. The molecule has 170 valence electrons. The lowest BCUT2D eigenvalue weighted by Gasteiger charge is -2.32. The van der Waals surface area contributed by atoms with Crippen LogP contribution in [0.1, 0.15) is 33.7 Å². The van der Waals surface area contributed by atoms with E-state index in [2.05, 4.69) is 22.2 Å². The van der Waals surface area contributed by atoms with Crippen LogP contribution in [0.25, 0.3) is 16.7 Å². The van der Waals surface area contributed by atoms with Crippen LogP contribution in [0.15, 0.2) is 24.3 Å². The summed E-state index contributed by atoms with van der Waals surface area (Å²) in [6.45, 7) is 11.8. The first-order chi connectivity index (χ1) is 15.3. The quantitative estimate of drug-likeness (QED) is 0.578.